The topological polar surface area (TPSA) is 92.2 Å². The summed E-state index contributed by atoms with van der Waals surface area (Å²) in [6.45, 7) is 0. The Morgan fingerprint density at radius 1 is 0.778 bits per heavy atom. The quantitative estimate of drug-likeness (QED) is 0.286. The zero-order valence-electron chi connectivity index (χ0n) is 4.70. The Labute approximate surface area is 114 Å². The molecule has 0 aromatic rings. The van der Waals surface area contributed by atoms with Gasteiger partial charge in [-0.25, -0.2) is 0 Å². The van der Waals surface area contributed by atoms with Crippen molar-refractivity contribution in [2.45, 2.75) is 0 Å². The Morgan fingerprint density at radius 2 is 0.778 bits per heavy atom. The van der Waals surface area contributed by atoms with Crippen LogP contribution in [0.4, 0.5) is 0 Å². The van der Waals surface area contributed by atoms with E-state index in [1.54, 1.807) is 0 Å². The van der Waals surface area contributed by atoms with Crippen molar-refractivity contribution in [3.05, 3.63) is 0 Å². The van der Waals surface area contributed by atoms with Gasteiger partial charge < -0.3 is 28.2 Å². The number of terminal acetylenes is 1. The molecule has 0 rings (SSSR count). The number of rotatable bonds is 0. The molecule has 0 radical (unpaired) electrons. The molecule has 0 bridgehead atoms. The van der Waals surface area contributed by atoms with Crippen LogP contribution in [-0.4, -0.2) is 84.5 Å². The van der Waals surface area contributed by atoms with Crippen molar-refractivity contribution < 1.29 is 19.2 Å². The second kappa shape index (κ2) is 12.8. The van der Waals surface area contributed by atoms with E-state index < -0.39 is 9.05 Å². The van der Waals surface area contributed by atoms with E-state index in [1.807, 2.05) is 0 Å². The van der Waals surface area contributed by atoms with Crippen LogP contribution in [0.25, 0.3) is 0 Å². The van der Waals surface area contributed by atoms with Crippen molar-refractivity contribution in [3.63, 3.8) is 0 Å². The maximum atomic E-state index is 8.58. The fourth-order valence-electron chi connectivity index (χ4n) is 0. The maximum absolute atomic E-state index is 8.58. The summed E-state index contributed by atoms with van der Waals surface area (Å²) in [6.07, 6.45) is 8.00. The fourth-order valence-corrected chi connectivity index (χ4v) is 0. The van der Waals surface area contributed by atoms with Gasteiger partial charge in [0.05, 0.1) is 0 Å². The molecule has 0 amide bonds. The van der Waals surface area contributed by atoms with Crippen LogP contribution in [0.2, 0.25) is 0 Å². The van der Waals surface area contributed by atoms with Crippen LogP contribution < -0.4 is 19.2 Å². The van der Waals surface area contributed by atoms with Crippen molar-refractivity contribution in [2.24, 2.45) is 0 Å². The van der Waals surface area contributed by atoms with Gasteiger partial charge in [-0.15, -0.1) is 12.8 Å². The van der Waals surface area contributed by atoms with E-state index in [9.17, 15) is 0 Å². The third-order valence-corrected chi connectivity index (χ3v) is 0. The van der Waals surface area contributed by atoms with Gasteiger partial charge in [-0.05, 0) is 0 Å². The molecular weight excluding hydrogens is 196 g/mol. The molecule has 0 fully saturated rings. The Morgan fingerprint density at radius 3 is 0.778 bits per heavy atom. The molecule has 4 nitrogen and oxygen atoms in total. The van der Waals surface area contributed by atoms with Gasteiger partial charge >= 0.3 is 75.5 Å². The first-order valence-electron chi connectivity index (χ1n) is 1.15. The first-order valence-corrected chi connectivity index (χ1v) is 2.78. The smallest absolute Gasteiger partial charge is 0.894 e. The van der Waals surface area contributed by atoms with Crippen molar-refractivity contribution in [2.75, 3.05) is 0 Å². The second-order valence-corrected chi connectivity index (χ2v) is 1.50. The van der Waals surface area contributed by atoms with Crippen LogP contribution in [0.1, 0.15) is 0 Å². The SMILES string of the molecule is C#C.[Ca+2].[Ca+2].[O-][Si]([O-])([O-])[O-]. The van der Waals surface area contributed by atoms with Crippen LogP contribution in [-0.2, 0) is 0 Å². The first kappa shape index (κ1) is 22.5. The van der Waals surface area contributed by atoms with Crippen LogP contribution in [0.3, 0.4) is 0 Å². The monoisotopic (exact) mass is 198 g/mol. The predicted octanol–water partition coefficient (Wildman–Crippen LogP) is -5.65. The van der Waals surface area contributed by atoms with E-state index >= 15 is 0 Å². The molecule has 0 atom stereocenters. The van der Waals surface area contributed by atoms with E-state index in [0.29, 0.717) is 0 Å². The molecular formula is C2H2Ca2O4Si. The minimum atomic E-state index is -5.61. The Kier molecular flexibility index (Phi) is 31.9. The van der Waals surface area contributed by atoms with Crippen molar-refractivity contribution in [3.8, 4) is 12.8 Å². The average molecular weight is 198 g/mol. The standard InChI is InChI=1S/C2H2.2Ca.O4Si/c1-2;;;1-5(2,3)4/h1-2H;;;/q;2*+2;-4. The molecule has 0 saturated carbocycles. The Bertz CT molecular complexity index is 53.3. The zero-order chi connectivity index (χ0) is 6.50. The Hall–Kier alpha value is 2.14. The average Bonchev–Trinajstić information content (AvgIpc) is 1.36. The van der Waals surface area contributed by atoms with Gasteiger partial charge in [0, 0.05) is 0 Å². The number of hydrogen-bond donors (Lipinski definition) is 0. The summed E-state index contributed by atoms with van der Waals surface area (Å²) in [6, 6.07) is 0. The minimum Gasteiger partial charge on any atom is -0.894 e. The second-order valence-electron chi connectivity index (χ2n) is 0.500. The molecule has 0 unspecified atom stereocenters. The van der Waals surface area contributed by atoms with Crippen LogP contribution in [0, 0.1) is 12.8 Å². The molecule has 9 heavy (non-hydrogen) atoms. The van der Waals surface area contributed by atoms with Gasteiger partial charge in [0.2, 0.25) is 0 Å². The van der Waals surface area contributed by atoms with Crippen molar-refractivity contribution in [1.82, 2.24) is 0 Å². The fraction of sp³-hybridized carbons (Fsp3) is 0. The van der Waals surface area contributed by atoms with Gasteiger partial charge in [0.15, 0.2) is 0 Å². The summed E-state index contributed by atoms with van der Waals surface area (Å²) in [7, 11) is -5.61. The molecule has 0 aromatic carbocycles. The normalized spacial score (nSPS) is 6.89. The van der Waals surface area contributed by atoms with Gasteiger partial charge in [0.1, 0.15) is 0 Å². The van der Waals surface area contributed by atoms with E-state index in [-0.39, 0.29) is 75.5 Å². The summed E-state index contributed by atoms with van der Waals surface area (Å²) < 4.78 is 0. The van der Waals surface area contributed by atoms with E-state index in [1.165, 1.54) is 0 Å². The summed E-state index contributed by atoms with van der Waals surface area (Å²) in [4.78, 5) is 34.3. The summed E-state index contributed by atoms with van der Waals surface area (Å²) in [5.41, 5.74) is 0. The third-order valence-electron chi connectivity index (χ3n) is 0. The number of hydrogen-bond acceptors (Lipinski definition) is 4. The maximum Gasteiger partial charge on any atom is 2.00 e. The third kappa shape index (κ3) is 147. The summed E-state index contributed by atoms with van der Waals surface area (Å²) in [5.74, 6) is 0. The molecule has 0 heterocycles. The van der Waals surface area contributed by atoms with Crippen molar-refractivity contribution >= 4 is 84.5 Å². The first-order chi connectivity index (χ1) is 3.00. The summed E-state index contributed by atoms with van der Waals surface area (Å²) in [5, 5.41) is 0. The molecule has 0 aromatic heterocycles. The van der Waals surface area contributed by atoms with E-state index in [4.69, 9.17) is 19.2 Å². The molecule has 42 valence electrons. The predicted molar refractivity (Wildman–Crippen MR) is 27.2 cm³/mol. The van der Waals surface area contributed by atoms with Gasteiger partial charge in [-0.1, -0.05) is 0 Å². The zero-order valence-corrected chi connectivity index (χ0v) is 10.1. The summed E-state index contributed by atoms with van der Waals surface area (Å²) >= 11 is 0. The molecule has 0 aliphatic heterocycles. The van der Waals surface area contributed by atoms with Gasteiger partial charge in [-0.3, -0.25) is 0 Å². The minimum absolute atomic E-state index is 0. The largest absolute Gasteiger partial charge is 2.00 e. The molecule has 0 N–H and O–H groups in total. The molecule has 0 spiro atoms. The van der Waals surface area contributed by atoms with Crippen molar-refractivity contribution in [1.29, 1.82) is 0 Å². The van der Waals surface area contributed by atoms with E-state index in [2.05, 4.69) is 12.8 Å². The van der Waals surface area contributed by atoms with E-state index in [0.717, 1.165) is 0 Å². The molecule has 7 heteroatoms. The van der Waals surface area contributed by atoms with Crippen LogP contribution >= 0.6 is 0 Å². The van der Waals surface area contributed by atoms with Crippen LogP contribution in [0.15, 0.2) is 0 Å². The van der Waals surface area contributed by atoms with Gasteiger partial charge in [-0.2, -0.15) is 0 Å². The Balaban J connectivity index is -0.0000000286. The molecule has 0 aliphatic carbocycles. The molecule has 0 aliphatic rings. The van der Waals surface area contributed by atoms with Crippen LogP contribution in [0.5, 0.6) is 0 Å². The molecule has 0 saturated heterocycles. The van der Waals surface area contributed by atoms with Gasteiger partial charge in [0.25, 0.3) is 0 Å².